The van der Waals surface area contributed by atoms with Crippen molar-refractivity contribution in [3.63, 3.8) is 0 Å². The molecule has 1 aliphatic heterocycles. The monoisotopic (exact) mass is 425 g/mol. The normalized spacial score (nSPS) is 17.1. The van der Waals surface area contributed by atoms with Crippen molar-refractivity contribution < 1.29 is 14.3 Å². The third kappa shape index (κ3) is 5.50. The number of ether oxygens (including phenoxy) is 2. The highest BCUT2D eigenvalue weighted by molar-refractivity contribution is 5.74. The first-order chi connectivity index (χ1) is 14.8. The van der Waals surface area contributed by atoms with Gasteiger partial charge < -0.3 is 20.1 Å². The van der Waals surface area contributed by atoms with Crippen LogP contribution in [0.2, 0.25) is 0 Å². The number of nitrogens with zero attached hydrogens (tertiary/aromatic N) is 1. The zero-order valence-corrected chi connectivity index (χ0v) is 19.5. The van der Waals surface area contributed by atoms with Gasteiger partial charge in [0.05, 0.1) is 20.3 Å². The highest BCUT2D eigenvalue weighted by Crippen LogP contribution is 2.40. The van der Waals surface area contributed by atoms with Crippen LogP contribution in [0.25, 0.3) is 0 Å². The average molecular weight is 426 g/mol. The van der Waals surface area contributed by atoms with E-state index in [1.807, 2.05) is 13.8 Å². The van der Waals surface area contributed by atoms with Crippen molar-refractivity contribution >= 4 is 6.03 Å². The Kier molecular flexibility index (Phi) is 7.44. The van der Waals surface area contributed by atoms with Crippen LogP contribution in [-0.4, -0.2) is 43.8 Å². The van der Waals surface area contributed by atoms with E-state index in [4.69, 9.17) is 9.47 Å². The Balaban J connectivity index is 1.96. The molecule has 2 amide bonds. The number of amides is 2. The number of aryl methyl sites for hydroxylation is 1. The van der Waals surface area contributed by atoms with Crippen molar-refractivity contribution in [3.8, 4) is 11.5 Å². The number of rotatable bonds is 7. The van der Waals surface area contributed by atoms with Crippen molar-refractivity contribution in [2.45, 2.75) is 58.8 Å². The first kappa shape index (κ1) is 22.9. The number of nitrogens with one attached hydrogen (secondary N) is 2. The van der Waals surface area contributed by atoms with Gasteiger partial charge >= 0.3 is 6.03 Å². The van der Waals surface area contributed by atoms with E-state index >= 15 is 0 Å². The fourth-order valence-corrected chi connectivity index (χ4v) is 4.43. The number of carbonyl (C=O) groups is 1. The Labute approximate surface area is 185 Å². The van der Waals surface area contributed by atoms with E-state index in [0.717, 1.165) is 25.3 Å². The van der Waals surface area contributed by atoms with E-state index in [2.05, 4.69) is 65.8 Å². The second-order valence-electron chi connectivity index (χ2n) is 8.62. The molecule has 1 aliphatic rings. The third-order valence-electron chi connectivity index (χ3n) is 5.75. The molecule has 2 atom stereocenters. The summed E-state index contributed by atoms with van der Waals surface area (Å²) in [6, 6.07) is 12.6. The molecule has 6 heteroatoms. The molecule has 0 aliphatic carbocycles. The first-order valence-corrected chi connectivity index (χ1v) is 10.9. The number of methoxy groups -OCH3 is 2. The number of benzene rings is 2. The molecule has 0 spiro atoms. The highest BCUT2D eigenvalue weighted by atomic mass is 16.5. The Bertz CT molecular complexity index is 913. The maximum atomic E-state index is 12.5. The Morgan fingerprint density at radius 3 is 2.45 bits per heavy atom. The van der Waals surface area contributed by atoms with Crippen LogP contribution >= 0.6 is 0 Å². The van der Waals surface area contributed by atoms with Crippen LogP contribution < -0.4 is 20.1 Å². The second-order valence-corrected chi connectivity index (χ2v) is 8.62. The van der Waals surface area contributed by atoms with E-state index in [-0.39, 0.29) is 24.2 Å². The van der Waals surface area contributed by atoms with Crippen molar-refractivity contribution in [2.75, 3.05) is 20.8 Å². The van der Waals surface area contributed by atoms with Crippen LogP contribution in [0.3, 0.4) is 0 Å². The lowest BCUT2D eigenvalue weighted by atomic mass is 9.87. The summed E-state index contributed by atoms with van der Waals surface area (Å²) in [5, 5.41) is 6.09. The number of fused-ring (bicyclic) bond motifs is 1. The number of hydrogen-bond acceptors (Lipinski definition) is 4. The van der Waals surface area contributed by atoms with E-state index in [9.17, 15) is 4.79 Å². The lowest BCUT2D eigenvalue weighted by molar-refractivity contribution is 0.143. The van der Waals surface area contributed by atoms with Gasteiger partial charge in [0.25, 0.3) is 0 Å². The van der Waals surface area contributed by atoms with Crippen LogP contribution in [0.5, 0.6) is 11.5 Å². The van der Waals surface area contributed by atoms with Gasteiger partial charge in [-0.3, -0.25) is 4.90 Å². The van der Waals surface area contributed by atoms with Gasteiger partial charge in [-0.25, -0.2) is 4.79 Å². The molecule has 0 fully saturated rings. The molecule has 0 saturated heterocycles. The van der Waals surface area contributed by atoms with Gasteiger partial charge in [-0.15, -0.1) is 0 Å². The molecular formula is C25H35N3O3. The molecule has 1 heterocycles. The SMILES string of the molecule is COc1cc2c(cc1OC)[C@H]([C@@H](C)NC(=O)NC(C)C)N(Cc1cccc(C)c1)CC2. The molecule has 31 heavy (non-hydrogen) atoms. The zero-order valence-electron chi connectivity index (χ0n) is 19.5. The van der Waals surface area contributed by atoms with Crippen molar-refractivity contribution in [2.24, 2.45) is 0 Å². The topological polar surface area (TPSA) is 62.8 Å². The lowest BCUT2D eigenvalue weighted by Gasteiger charge is -2.41. The van der Waals surface area contributed by atoms with Crippen molar-refractivity contribution in [3.05, 3.63) is 58.7 Å². The maximum Gasteiger partial charge on any atom is 0.315 e. The second kappa shape index (κ2) is 10.1. The van der Waals surface area contributed by atoms with Gasteiger partial charge in [0.1, 0.15) is 0 Å². The van der Waals surface area contributed by atoms with Gasteiger partial charge in [-0.05, 0) is 62.9 Å². The minimum absolute atomic E-state index is 0.0157. The first-order valence-electron chi connectivity index (χ1n) is 10.9. The maximum absolute atomic E-state index is 12.5. The van der Waals surface area contributed by atoms with E-state index < -0.39 is 0 Å². The summed E-state index contributed by atoms with van der Waals surface area (Å²) in [6.07, 6.45) is 0.920. The van der Waals surface area contributed by atoms with Gasteiger partial charge in [0, 0.05) is 25.2 Å². The highest BCUT2D eigenvalue weighted by Gasteiger charge is 2.33. The van der Waals surface area contributed by atoms with Gasteiger partial charge in [0.2, 0.25) is 0 Å². The molecule has 0 unspecified atom stereocenters. The average Bonchev–Trinajstić information content (AvgIpc) is 2.71. The minimum Gasteiger partial charge on any atom is -0.493 e. The summed E-state index contributed by atoms with van der Waals surface area (Å²) in [4.78, 5) is 14.9. The Morgan fingerprint density at radius 1 is 1.10 bits per heavy atom. The van der Waals surface area contributed by atoms with Gasteiger partial charge in [-0.1, -0.05) is 29.8 Å². The number of hydrogen-bond donors (Lipinski definition) is 2. The molecule has 0 bridgehead atoms. The van der Waals surface area contributed by atoms with Crippen LogP contribution in [0.1, 0.15) is 49.1 Å². The summed E-state index contributed by atoms with van der Waals surface area (Å²) in [6.45, 7) is 9.82. The van der Waals surface area contributed by atoms with E-state index in [1.54, 1.807) is 14.2 Å². The molecule has 2 N–H and O–H groups in total. The molecular weight excluding hydrogens is 390 g/mol. The van der Waals surface area contributed by atoms with Crippen LogP contribution in [0.15, 0.2) is 36.4 Å². The molecule has 0 saturated carbocycles. The number of carbonyl (C=O) groups excluding carboxylic acids is 1. The van der Waals surface area contributed by atoms with Gasteiger partial charge in [0.15, 0.2) is 11.5 Å². The Hall–Kier alpha value is -2.73. The molecule has 2 aromatic carbocycles. The summed E-state index contributed by atoms with van der Waals surface area (Å²) >= 11 is 0. The summed E-state index contributed by atoms with van der Waals surface area (Å²) in [7, 11) is 3.32. The number of urea groups is 1. The molecule has 0 aromatic heterocycles. The van der Waals surface area contributed by atoms with E-state index in [1.165, 1.54) is 22.3 Å². The Morgan fingerprint density at radius 2 is 1.81 bits per heavy atom. The van der Waals surface area contributed by atoms with Crippen LogP contribution in [-0.2, 0) is 13.0 Å². The fraction of sp³-hybridized carbons (Fsp3) is 0.480. The molecule has 168 valence electrons. The van der Waals surface area contributed by atoms with Gasteiger partial charge in [-0.2, -0.15) is 0 Å². The van der Waals surface area contributed by atoms with Crippen LogP contribution in [0.4, 0.5) is 4.79 Å². The molecule has 0 radical (unpaired) electrons. The van der Waals surface area contributed by atoms with Crippen molar-refractivity contribution in [1.29, 1.82) is 0 Å². The third-order valence-corrected chi connectivity index (χ3v) is 5.75. The van der Waals surface area contributed by atoms with Crippen molar-refractivity contribution in [1.82, 2.24) is 15.5 Å². The molecule has 3 rings (SSSR count). The minimum atomic E-state index is -0.148. The lowest BCUT2D eigenvalue weighted by Crippen LogP contribution is -2.50. The molecule has 6 nitrogen and oxygen atoms in total. The summed E-state index contributed by atoms with van der Waals surface area (Å²) in [5.41, 5.74) is 4.93. The summed E-state index contributed by atoms with van der Waals surface area (Å²) < 4.78 is 11.1. The standard InChI is InChI=1S/C25H35N3O3/c1-16(2)26-25(29)27-18(4)24-21-14-23(31-6)22(30-5)13-20(21)10-11-28(24)15-19-9-7-8-17(3)12-19/h7-9,12-14,16,18,24H,10-11,15H2,1-6H3,(H2,26,27,29)/t18-,24+/m1/s1. The molecule has 2 aromatic rings. The van der Waals surface area contributed by atoms with E-state index in [0.29, 0.717) is 5.75 Å². The smallest absolute Gasteiger partial charge is 0.315 e. The quantitative estimate of drug-likeness (QED) is 0.698. The summed E-state index contributed by atoms with van der Waals surface area (Å²) in [5.74, 6) is 1.45. The largest absolute Gasteiger partial charge is 0.493 e. The predicted molar refractivity (Wildman–Crippen MR) is 124 cm³/mol. The fourth-order valence-electron chi connectivity index (χ4n) is 4.43. The van der Waals surface area contributed by atoms with Crippen LogP contribution in [0, 0.1) is 6.92 Å². The zero-order chi connectivity index (χ0) is 22.5. The predicted octanol–water partition coefficient (Wildman–Crippen LogP) is 4.21.